The largest absolute Gasteiger partial charge is 0.353 e. The Morgan fingerprint density at radius 3 is 2.40 bits per heavy atom. The van der Waals surface area contributed by atoms with Crippen LogP contribution in [0.15, 0.2) is 48.8 Å². The predicted molar refractivity (Wildman–Crippen MR) is 118 cm³/mol. The number of nitrogens with zero attached hydrogens (tertiary/aromatic N) is 2. The summed E-state index contributed by atoms with van der Waals surface area (Å²) >= 11 is 0. The van der Waals surface area contributed by atoms with Crippen molar-refractivity contribution in [3.8, 4) is 11.1 Å². The lowest BCUT2D eigenvalue weighted by molar-refractivity contribution is -0.141. The van der Waals surface area contributed by atoms with Crippen LogP contribution < -0.4 is 5.32 Å². The quantitative estimate of drug-likeness (QED) is 0.794. The van der Waals surface area contributed by atoms with Crippen molar-refractivity contribution in [2.45, 2.75) is 52.0 Å². The van der Waals surface area contributed by atoms with Crippen molar-refractivity contribution in [2.24, 2.45) is 11.3 Å². The number of pyridine rings is 1. The van der Waals surface area contributed by atoms with Gasteiger partial charge in [-0.1, -0.05) is 24.3 Å². The van der Waals surface area contributed by atoms with E-state index in [2.05, 4.69) is 22.4 Å². The molecule has 4 rings (SSSR count). The molecule has 0 atom stereocenters. The van der Waals surface area contributed by atoms with E-state index in [1.165, 1.54) is 5.56 Å². The zero-order chi connectivity index (χ0) is 21.1. The van der Waals surface area contributed by atoms with Crippen molar-refractivity contribution >= 4 is 11.8 Å². The molecule has 0 bridgehead atoms. The van der Waals surface area contributed by atoms with E-state index in [0.717, 1.165) is 24.0 Å². The third-order valence-electron chi connectivity index (χ3n) is 6.40. The zero-order valence-electron chi connectivity index (χ0n) is 17.9. The standard InChI is InChI=1S/C25H31N3O2/c1-18(2)27-24(30)25(11-15-28(16-12-25)23(29)20-7-8-20)17-21-5-3-4-6-22(21)19-9-13-26-14-10-19/h3-6,9-10,13-14,18,20H,7-8,11-12,15-17H2,1-2H3,(H,27,30). The van der Waals surface area contributed by atoms with Crippen molar-refractivity contribution in [3.63, 3.8) is 0 Å². The van der Waals surface area contributed by atoms with Crippen molar-refractivity contribution in [1.29, 1.82) is 0 Å². The Balaban J connectivity index is 1.60. The van der Waals surface area contributed by atoms with E-state index in [0.29, 0.717) is 32.4 Å². The van der Waals surface area contributed by atoms with Gasteiger partial charge in [-0.3, -0.25) is 14.6 Å². The normalized spacial score (nSPS) is 18.3. The highest BCUT2D eigenvalue weighted by atomic mass is 16.2. The Morgan fingerprint density at radius 2 is 1.77 bits per heavy atom. The number of hydrogen-bond donors (Lipinski definition) is 1. The van der Waals surface area contributed by atoms with Gasteiger partial charge in [0.05, 0.1) is 5.41 Å². The number of nitrogens with one attached hydrogen (secondary N) is 1. The van der Waals surface area contributed by atoms with E-state index in [9.17, 15) is 9.59 Å². The Hall–Kier alpha value is -2.69. The first-order chi connectivity index (χ1) is 14.5. The highest BCUT2D eigenvalue weighted by Gasteiger charge is 2.44. The summed E-state index contributed by atoms with van der Waals surface area (Å²) in [6.07, 6.45) is 7.73. The topological polar surface area (TPSA) is 62.3 Å². The molecule has 5 nitrogen and oxygen atoms in total. The second kappa shape index (κ2) is 8.58. The van der Waals surface area contributed by atoms with Crippen LogP contribution in [0.2, 0.25) is 0 Å². The number of aromatic nitrogens is 1. The summed E-state index contributed by atoms with van der Waals surface area (Å²) in [6, 6.07) is 12.4. The molecule has 30 heavy (non-hydrogen) atoms. The van der Waals surface area contributed by atoms with Gasteiger partial charge >= 0.3 is 0 Å². The monoisotopic (exact) mass is 405 g/mol. The van der Waals surface area contributed by atoms with Crippen LogP contribution in [0.25, 0.3) is 11.1 Å². The number of benzene rings is 1. The number of likely N-dealkylation sites (tertiary alicyclic amines) is 1. The summed E-state index contributed by atoms with van der Waals surface area (Å²) in [6.45, 7) is 5.33. The minimum atomic E-state index is -0.492. The average molecular weight is 406 g/mol. The molecular formula is C25H31N3O2. The molecule has 1 N–H and O–H groups in total. The molecule has 158 valence electrons. The number of piperidine rings is 1. The second-order valence-corrected chi connectivity index (χ2v) is 9.08. The summed E-state index contributed by atoms with van der Waals surface area (Å²) < 4.78 is 0. The van der Waals surface area contributed by atoms with Crippen LogP contribution in [0.5, 0.6) is 0 Å². The molecule has 2 fully saturated rings. The fourth-order valence-electron chi connectivity index (χ4n) is 4.50. The van der Waals surface area contributed by atoms with Gasteiger partial charge in [0.15, 0.2) is 0 Å². The molecule has 2 heterocycles. The van der Waals surface area contributed by atoms with E-state index in [4.69, 9.17) is 0 Å². The van der Waals surface area contributed by atoms with Gasteiger partial charge in [-0.2, -0.15) is 0 Å². The maximum Gasteiger partial charge on any atom is 0.226 e. The molecule has 0 spiro atoms. The number of amides is 2. The molecule has 0 unspecified atom stereocenters. The molecule has 5 heteroatoms. The van der Waals surface area contributed by atoms with Crippen LogP contribution in [-0.4, -0.2) is 40.8 Å². The fraction of sp³-hybridized carbons (Fsp3) is 0.480. The molecule has 2 aliphatic rings. The van der Waals surface area contributed by atoms with Crippen LogP contribution in [0, 0.1) is 11.3 Å². The Morgan fingerprint density at radius 1 is 1.10 bits per heavy atom. The molecule has 1 aliphatic carbocycles. The summed E-state index contributed by atoms with van der Waals surface area (Å²) in [5.41, 5.74) is 2.94. The number of carbonyl (C=O) groups is 2. The highest BCUT2D eigenvalue weighted by Crippen LogP contribution is 2.40. The van der Waals surface area contributed by atoms with Gasteiger partial charge in [-0.15, -0.1) is 0 Å². The molecule has 1 aromatic carbocycles. The third-order valence-corrected chi connectivity index (χ3v) is 6.40. The highest BCUT2D eigenvalue weighted by molar-refractivity contribution is 5.85. The number of hydrogen-bond acceptors (Lipinski definition) is 3. The summed E-state index contributed by atoms with van der Waals surface area (Å²) in [4.78, 5) is 32.0. The van der Waals surface area contributed by atoms with Crippen LogP contribution in [0.1, 0.15) is 45.1 Å². The van der Waals surface area contributed by atoms with Crippen LogP contribution in [0.4, 0.5) is 0 Å². The van der Waals surface area contributed by atoms with Gasteiger partial charge < -0.3 is 10.2 Å². The first-order valence-electron chi connectivity index (χ1n) is 11.1. The van der Waals surface area contributed by atoms with E-state index in [-0.39, 0.29) is 23.8 Å². The van der Waals surface area contributed by atoms with E-state index < -0.39 is 5.41 Å². The van der Waals surface area contributed by atoms with Gasteiger partial charge in [0.25, 0.3) is 0 Å². The number of carbonyl (C=O) groups excluding carboxylic acids is 2. The van der Waals surface area contributed by atoms with Gasteiger partial charge in [0.2, 0.25) is 11.8 Å². The van der Waals surface area contributed by atoms with Gasteiger partial charge in [0.1, 0.15) is 0 Å². The minimum absolute atomic E-state index is 0.0935. The van der Waals surface area contributed by atoms with Crippen molar-refractivity contribution in [3.05, 3.63) is 54.4 Å². The van der Waals surface area contributed by atoms with Crippen LogP contribution in [-0.2, 0) is 16.0 Å². The molecule has 1 aromatic heterocycles. The predicted octanol–water partition coefficient (Wildman–Crippen LogP) is 3.83. The third kappa shape index (κ3) is 4.40. The van der Waals surface area contributed by atoms with Crippen molar-refractivity contribution < 1.29 is 9.59 Å². The lowest BCUT2D eigenvalue weighted by Gasteiger charge is -2.41. The number of rotatable bonds is 6. The maximum atomic E-state index is 13.4. The maximum absolute atomic E-state index is 13.4. The first-order valence-corrected chi connectivity index (χ1v) is 11.1. The lowest BCUT2D eigenvalue weighted by Crippen LogP contribution is -2.52. The Labute approximate surface area is 178 Å². The van der Waals surface area contributed by atoms with E-state index in [1.807, 2.05) is 43.0 Å². The molecule has 1 aliphatic heterocycles. The molecular weight excluding hydrogens is 374 g/mol. The lowest BCUT2D eigenvalue weighted by atomic mass is 9.71. The van der Waals surface area contributed by atoms with E-state index >= 15 is 0 Å². The fourth-order valence-corrected chi connectivity index (χ4v) is 4.50. The minimum Gasteiger partial charge on any atom is -0.353 e. The molecule has 2 aromatic rings. The summed E-state index contributed by atoms with van der Waals surface area (Å²) in [5.74, 6) is 0.625. The summed E-state index contributed by atoms with van der Waals surface area (Å²) in [7, 11) is 0. The van der Waals surface area contributed by atoms with Crippen molar-refractivity contribution in [2.75, 3.05) is 13.1 Å². The first kappa shape index (κ1) is 20.6. The zero-order valence-corrected chi connectivity index (χ0v) is 17.9. The van der Waals surface area contributed by atoms with Gasteiger partial charge in [-0.05, 0) is 74.8 Å². The van der Waals surface area contributed by atoms with E-state index in [1.54, 1.807) is 12.4 Å². The van der Waals surface area contributed by atoms with Gasteiger partial charge in [0, 0.05) is 37.4 Å². The van der Waals surface area contributed by atoms with Gasteiger partial charge in [-0.25, -0.2) is 0 Å². The van der Waals surface area contributed by atoms with Crippen LogP contribution >= 0.6 is 0 Å². The van der Waals surface area contributed by atoms with Crippen molar-refractivity contribution in [1.82, 2.24) is 15.2 Å². The summed E-state index contributed by atoms with van der Waals surface area (Å²) in [5, 5.41) is 3.16. The molecule has 1 saturated heterocycles. The SMILES string of the molecule is CC(C)NC(=O)C1(Cc2ccccc2-c2ccncc2)CCN(C(=O)C2CC2)CC1. The Bertz CT molecular complexity index is 898. The average Bonchev–Trinajstić information content (AvgIpc) is 3.60. The molecule has 2 amide bonds. The molecule has 1 saturated carbocycles. The molecule has 0 radical (unpaired) electrons. The van der Waals surface area contributed by atoms with Crippen LogP contribution in [0.3, 0.4) is 0 Å². The second-order valence-electron chi connectivity index (χ2n) is 9.08. The smallest absolute Gasteiger partial charge is 0.226 e. The Kier molecular flexibility index (Phi) is 5.89.